The largest absolute Gasteiger partial charge is 0.479 e. The molecule has 0 aliphatic rings. The quantitative estimate of drug-likeness (QED) is 0.127. The molecule has 1 unspecified atom stereocenters. The fourth-order valence-corrected chi connectivity index (χ4v) is 4.55. The average Bonchev–Trinajstić information content (AvgIpc) is 3.00. The van der Waals surface area contributed by atoms with E-state index in [0.717, 1.165) is 4.57 Å². The van der Waals surface area contributed by atoms with Gasteiger partial charge in [0.2, 0.25) is 17.5 Å². The molecule has 1 aromatic heterocycles. The van der Waals surface area contributed by atoms with Gasteiger partial charge in [0.25, 0.3) is 5.56 Å². The number of hydrogen-bond acceptors (Lipinski definition) is 6. The lowest BCUT2D eigenvalue weighted by molar-refractivity contribution is -0.147. The number of fused-ring (bicyclic) bond motifs is 1. The van der Waals surface area contributed by atoms with Gasteiger partial charge in [-0.05, 0) is 35.6 Å². The summed E-state index contributed by atoms with van der Waals surface area (Å²) >= 11 is 6.04. The predicted octanol–water partition coefficient (Wildman–Crippen LogP) is 5.43. The smallest absolute Gasteiger partial charge is 0.308 e. The highest BCUT2D eigenvalue weighted by molar-refractivity contribution is 6.31. The zero-order valence-corrected chi connectivity index (χ0v) is 23.9. The van der Waals surface area contributed by atoms with Gasteiger partial charge >= 0.3 is 5.97 Å². The molecule has 8 nitrogen and oxygen atoms in total. The number of pyridine rings is 1. The summed E-state index contributed by atoms with van der Waals surface area (Å²) in [5.74, 6) is -11.6. The second-order valence-corrected chi connectivity index (χ2v) is 10.1. The Morgan fingerprint density at radius 2 is 1.64 bits per heavy atom. The van der Waals surface area contributed by atoms with Crippen LogP contribution < -0.4 is 15.6 Å². The molecule has 0 spiro atoms. The molecular weight excluding hydrogens is 608 g/mol. The van der Waals surface area contributed by atoms with Gasteiger partial charge in [-0.1, -0.05) is 54.9 Å². The summed E-state index contributed by atoms with van der Waals surface area (Å²) in [6.45, 7) is 0.270. The Balaban J connectivity index is 1.57. The number of nitrogens with one attached hydrogen (secondary N) is 1. The normalized spacial score (nSPS) is 12.4. The van der Waals surface area contributed by atoms with Crippen LogP contribution in [0.2, 0.25) is 5.02 Å². The molecule has 3 aromatic carbocycles. The number of carbonyl (C=O) groups excluding carboxylic acids is 3. The van der Waals surface area contributed by atoms with E-state index in [0.29, 0.717) is 16.0 Å². The molecule has 0 fully saturated rings. The van der Waals surface area contributed by atoms with Gasteiger partial charge in [0.05, 0.1) is 6.42 Å². The Labute approximate surface area is 253 Å². The molecule has 13 heteroatoms. The molecule has 1 heterocycles. The predicted molar refractivity (Wildman–Crippen MR) is 152 cm³/mol. The zero-order valence-electron chi connectivity index (χ0n) is 23.1. The minimum Gasteiger partial charge on any atom is -0.479 e. The van der Waals surface area contributed by atoms with Crippen molar-refractivity contribution < 1.29 is 41.4 Å². The van der Waals surface area contributed by atoms with Crippen molar-refractivity contribution in [3.05, 3.63) is 111 Å². The summed E-state index contributed by atoms with van der Waals surface area (Å²) in [4.78, 5) is 52.4. The van der Waals surface area contributed by atoms with E-state index in [1.54, 1.807) is 55.5 Å². The zero-order chi connectivity index (χ0) is 32.0. The van der Waals surface area contributed by atoms with Crippen LogP contribution in [0.15, 0.2) is 71.7 Å². The number of halogens is 5. The van der Waals surface area contributed by atoms with E-state index >= 15 is 0 Å². The van der Waals surface area contributed by atoms with E-state index in [-0.39, 0.29) is 24.5 Å². The van der Waals surface area contributed by atoms with Crippen LogP contribution in [0.4, 0.5) is 17.6 Å². The van der Waals surface area contributed by atoms with E-state index in [1.807, 2.05) is 0 Å². The summed E-state index contributed by atoms with van der Waals surface area (Å²) in [7, 11) is 0. The highest BCUT2D eigenvalue weighted by atomic mass is 35.5. The first kappa shape index (κ1) is 32.2. The minimum absolute atomic E-state index is 0.0291. The Morgan fingerprint density at radius 1 is 0.955 bits per heavy atom. The maximum absolute atomic E-state index is 14.1. The summed E-state index contributed by atoms with van der Waals surface area (Å²) in [5.41, 5.74) is 0.0940. The van der Waals surface area contributed by atoms with Gasteiger partial charge in [-0.25, -0.2) is 8.78 Å². The number of esters is 1. The molecule has 0 saturated carbocycles. The Kier molecular flexibility index (Phi) is 10.4. The Hall–Kier alpha value is -4.71. The Morgan fingerprint density at radius 3 is 2.30 bits per heavy atom. The van der Waals surface area contributed by atoms with Crippen LogP contribution in [-0.2, 0) is 25.7 Å². The summed E-state index contributed by atoms with van der Waals surface area (Å²) < 4.78 is 66.5. The highest BCUT2D eigenvalue weighted by Gasteiger charge is 2.30. The maximum atomic E-state index is 14.1. The molecule has 4 rings (SSSR count). The maximum Gasteiger partial charge on any atom is 0.308 e. The number of ether oxygens (including phenoxy) is 2. The second-order valence-electron chi connectivity index (χ2n) is 9.65. The molecular formula is C31H25ClF4N2O6. The first-order valence-corrected chi connectivity index (χ1v) is 13.7. The number of amides is 1. The number of hydrogen-bond donors (Lipinski definition) is 1. The molecule has 0 aliphatic heterocycles. The third-order valence-electron chi connectivity index (χ3n) is 6.67. The van der Waals surface area contributed by atoms with Gasteiger partial charge in [-0.2, -0.15) is 8.78 Å². The number of nitrogens with zero attached hydrogens (tertiary/aromatic N) is 1. The van der Waals surface area contributed by atoms with Gasteiger partial charge in [-0.15, -0.1) is 0 Å². The van der Waals surface area contributed by atoms with E-state index in [9.17, 15) is 36.7 Å². The average molecular weight is 633 g/mol. The summed E-state index contributed by atoms with van der Waals surface area (Å²) in [6, 6.07) is 12.0. The lowest BCUT2D eigenvalue weighted by Crippen LogP contribution is -2.48. The van der Waals surface area contributed by atoms with Crippen LogP contribution in [0, 0.1) is 23.3 Å². The summed E-state index contributed by atoms with van der Waals surface area (Å²) in [6.07, 6.45) is 0.735. The van der Waals surface area contributed by atoms with Gasteiger partial charge < -0.3 is 19.4 Å². The second kappa shape index (κ2) is 14.2. The number of carbonyl (C=O) groups is 3. The molecule has 2 atom stereocenters. The van der Waals surface area contributed by atoms with Gasteiger partial charge in [-0.3, -0.25) is 19.2 Å². The van der Waals surface area contributed by atoms with Crippen molar-refractivity contribution in [2.75, 3.05) is 6.61 Å². The molecule has 0 saturated heterocycles. The third kappa shape index (κ3) is 7.43. The van der Waals surface area contributed by atoms with E-state index in [2.05, 4.69) is 5.32 Å². The van der Waals surface area contributed by atoms with Crippen molar-refractivity contribution >= 4 is 40.0 Å². The molecule has 0 aliphatic carbocycles. The molecule has 0 bridgehead atoms. The van der Waals surface area contributed by atoms with Gasteiger partial charge in [0.15, 0.2) is 23.2 Å². The number of aromatic nitrogens is 1. The monoisotopic (exact) mass is 632 g/mol. The molecule has 1 N–H and O–H groups in total. The Bertz CT molecular complexity index is 1740. The van der Waals surface area contributed by atoms with Crippen LogP contribution in [0.1, 0.15) is 31.4 Å². The van der Waals surface area contributed by atoms with Crippen LogP contribution >= 0.6 is 11.6 Å². The van der Waals surface area contributed by atoms with E-state index in [4.69, 9.17) is 21.1 Å². The fraction of sp³-hybridized carbons (Fsp3) is 0.226. The number of rotatable bonds is 12. The number of ketones is 1. The minimum atomic E-state index is -1.87. The van der Waals surface area contributed by atoms with Gasteiger partial charge in [0, 0.05) is 22.7 Å². The van der Waals surface area contributed by atoms with Crippen molar-refractivity contribution in [1.82, 2.24) is 9.88 Å². The van der Waals surface area contributed by atoms with E-state index < -0.39 is 77.3 Å². The van der Waals surface area contributed by atoms with Crippen molar-refractivity contribution in [2.45, 2.75) is 38.5 Å². The van der Waals surface area contributed by atoms with Crippen LogP contribution in [0.5, 0.6) is 5.75 Å². The van der Waals surface area contributed by atoms with Crippen molar-refractivity contribution in [3.63, 3.8) is 0 Å². The SMILES string of the molecule is CC[C@@H](C(=O)NC(CC(=O)OCc1ccccc1)C(=O)COc1c(F)c(F)cc(F)c1F)n1ccc2ccc(Cl)cc2c1=O. The van der Waals surface area contributed by atoms with Crippen LogP contribution in [-0.4, -0.2) is 34.9 Å². The van der Waals surface area contributed by atoms with Crippen LogP contribution in [0.25, 0.3) is 10.8 Å². The molecule has 44 heavy (non-hydrogen) atoms. The third-order valence-corrected chi connectivity index (χ3v) is 6.90. The van der Waals surface area contributed by atoms with Crippen molar-refractivity contribution in [2.24, 2.45) is 0 Å². The fourth-order valence-electron chi connectivity index (χ4n) is 4.38. The first-order valence-electron chi connectivity index (χ1n) is 13.3. The number of benzene rings is 3. The molecule has 4 aromatic rings. The topological polar surface area (TPSA) is 104 Å². The lowest BCUT2D eigenvalue weighted by Gasteiger charge is -2.23. The van der Waals surface area contributed by atoms with Gasteiger partial charge in [0.1, 0.15) is 25.3 Å². The molecule has 1 amide bonds. The van der Waals surface area contributed by atoms with E-state index in [1.165, 1.54) is 12.3 Å². The first-order chi connectivity index (χ1) is 21.0. The van der Waals surface area contributed by atoms with Crippen LogP contribution in [0.3, 0.4) is 0 Å². The molecule has 230 valence electrons. The van der Waals surface area contributed by atoms with Crippen molar-refractivity contribution in [3.8, 4) is 5.75 Å². The summed E-state index contributed by atoms with van der Waals surface area (Å²) in [5, 5.41) is 3.49. The highest BCUT2D eigenvalue weighted by Crippen LogP contribution is 2.26. The standard InChI is InChI=1S/C31H25ClF4N2O6/c1-2-24(38-11-10-18-8-9-19(32)12-20(18)31(38)42)30(41)37-23(14-26(40)43-15-17-6-4-3-5-7-17)25(39)16-44-29-27(35)21(33)13-22(34)28(29)36/h3-13,23-24H,2,14-16H2,1H3,(H,37,41)/t23?,24-/m0/s1. The van der Waals surface area contributed by atoms with Crippen molar-refractivity contribution in [1.29, 1.82) is 0 Å². The lowest BCUT2D eigenvalue weighted by atomic mass is 10.1. The molecule has 0 radical (unpaired) electrons. The number of Topliss-reactive ketones (excluding diaryl/α,β-unsaturated/α-hetero) is 1.